The maximum Gasteiger partial charge on any atom is 0.337 e. The third-order valence-electron chi connectivity index (χ3n) is 4.03. The van der Waals surface area contributed by atoms with Crippen LogP contribution in [0, 0.1) is 0 Å². The fraction of sp³-hybridized carbons (Fsp3) is 0.278. The summed E-state index contributed by atoms with van der Waals surface area (Å²) in [5.41, 5.74) is -0.437. The zero-order valence-electron chi connectivity index (χ0n) is 15.2. The number of aromatic carboxylic acids is 1. The second-order valence-electron chi connectivity index (χ2n) is 5.82. The van der Waals surface area contributed by atoms with Crippen molar-refractivity contribution in [2.75, 3.05) is 32.2 Å². The van der Waals surface area contributed by atoms with E-state index in [-0.39, 0.29) is 27.6 Å². The van der Waals surface area contributed by atoms with E-state index in [1.54, 1.807) is 0 Å². The minimum absolute atomic E-state index is 0.0946. The molecule has 150 valence electrons. The van der Waals surface area contributed by atoms with Crippen molar-refractivity contribution in [3.63, 3.8) is 0 Å². The number of carboxylic acid groups (broad SMARTS) is 1. The first-order valence-corrected chi connectivity index (χ1v) is 9.76. The zero-order valence-corrected chi connectivity index (χ0v) is 16.0. The van der Waals surface area contributed by atoms with Crippen LogP contribution in [0.4, 0.5) is 5.69 Å². The van der Waals surface area contributed by atoms with Crippen LogP contribution in [-0.4, -0.2) is 46.9 Å². The molecular formula is C18H19NO8S. The van der Waals surface area contributed by atoms with Crippen molar-refractivity contribution in [1.82, 2.24) is 0 Å². The summed E-state index contributed by atoms with van der Waals surface area (Å²) >= 11 is 0. The molecule has 2 aromatic carbocycles. The Balaban J connectivity index is 2.00. The smallest absolute Gasteiger partial charge is 0.337 e. The van der Waals surface area contributed by atoms with Crippen molar-refractivity contribution >= 4 is 21.7 Å². The second-order valence-corrected chi connectivity index (χ2v) is 7.50. The first-order valence-electron chi connectivity index (χ1n) is 8.27. The molecule has 0 saturated carbocycles. The lowest BCUT2D eigenvalue weighted by Crippen LogP contribution is -2.16. The van der Waals surface area contributed by atoms with Crippen molar-refractivity contribution in [3.05, 3.63) is 35.9 Å². The molecule has 3 rings (SSSR count). The number of sulfonamides is 1. The Morgan fingerprint density at radius 3 is 2.32 bits per heavy atom. The highest BCUT2D eigenvalue weighted by Gasteiger charge is 2.23. The van der Waals surface area contributed by atoms with Crippen molar-refractivity contribution in [2.24, 2.45) is 0 Å². The summed E-state index contributed by atoms with van der Waals surface area (Å²) in [5, 5.41) is 9.44. The van der Waals surface area contributed by atoms with E-state index in [9.17, 15) is 18.3 Å². The van der Waals surface area contributed by atoms with Crippen LogP contribution in [0.1, 0.15) is 16.8 Å². The van der Waals surface area contributed by atoms with Crippen LogP contribution in [0.5, 0.6) is 23.0 Å². The van der Waals surface area contributed by atoms with E-state index in [2.05, 4.69) is 4.72 Å². The van der Waals surface area contributed by atoms with E-state index >= 15 is 0 Å². The molecule has 1 aliphatic rings. The SMILES string of the molecule is COc1cc(NS(=O)(=O)c2ccc3c(c2)OCCCO3)c(C(=O)O)cc1OC. The molecule has 0 saturated heterocycles. The van der Waals surface area contributed by atoms with Gasteiger partial charge in [0.1, 0.15) is 0 Å². The van der Waals surface area contributed by atoms with Gasteiger partial charge in [-0.15, -0.1) is 0 Å². The number of fused-ring (bicyclic) bond motifs is 1. The molecule has 1 heterocycles. The van der Waals surface area contributed by atoms with Crippen molar-refractivity contribution in [1.29, 1.82) is 0 Å². The maximum absolute atomic E-state index is 12.8. The van der Waals surface area contributed by atoms with Gasteiger partial charge in [-0.2, -0.15) is 0 Å². The van der Waals surface area contributed by atoms with Crippen LogP contribution in [0.15, 0.2) is 35.2 Å². The van der Waals surface area contributed by atoms with Gasteiger partial charge in [0.15, 0.2) is 23.0 Å². The van der Waals surface area contributed by atoms with E-state index in [0.29, 0.717) is 31.1 Å². The quantitative estimate of drug-likeness (QED) is 0.746. The number of benzene rings is 2. The van der Waals surface area contributed by atoms with E-state index in [4.69, 9.17) is 18.9 Å². The molecule has 28 heavy (non-hydrogen) atoms. The Labute approximate surface area is 161 Å². The summed E-state index contributed by atoms with van der Waals surface area (Å²) in [7, 11) is -1.39. The van der Waals surface area contributed by atoms with Crippen LogP contribution >= 0.6 is 0 Å². The molecule has 0 atom stereocenters. The lowest BCUT2D eigenvalue weighted by atomic mass is 10.1. The molecule has 1 aliphatic heterocycles. The number of nitrogens with one attached hydrogen (secondary N) is 1. The summed E-state index contributed by atoms with van der Waals surface area (Å²) in [6.45, 7) is 0.883. The van der Waals surface area contributed by atoms with Gasteiger partial charge < -0.3 is 24.1 Å². The molecule has 0 unspecified atom stereocenters. The largest absolute Gasteiger partial charge is 0.493 e. The molecule has 0 aromatic heterocycles. The predicted octanol–water partition coefficient (Wildman–Crippen LogP) is 2.36. The lowest BCUT2D eigenvalue weighted by molar-refractivity contribution is 0.0697. The lowest BCUT2D eigenvalue weighted by Gasteiger charge is -2.15. The fourth-order valence-electron chi connectivity index (χ4n) is 2.65. The van der Waals surface area contributed by atoms with Gasteiger partial charge in [-0.1, -0.05) is 0 Å². The van der Waals surface area contributed by atoms with Gasteiger partial charge in [-0.25, -0.2) is 13.2 Å². The first kappa shape index (κ1) is 19.6. The number of carbonyl (C=O) groups is 1. The molecule has 0 radical (unpaired) electrons. The van der Waals surface area contributed by atoms with Crippen LogP contribution in [0.25, 0.3) is 0 Å². The minimum atomic E-state index is -4.10. The average molecular weight is 409 g/mol. The highest BCUT2D eigenvalue weighted by molar-refractivity contribution is 7.92. The summed E-state index contributed by atoms with van der Waals surface area (Å²) in [6, 6.07) is 6.64. The number of carboxylic acids is 1. The molecule has 2 aromatic rings. The normalized spacial score (nSPS) is 13.4. The molecular weight excluding hydrogens is 390 g/mol. The fourth-order valence-corrected chi connectivity index (χ4v) is 3.74. The Morgan fingerprint density at radius 1 is 1.04 bits per heavy atom. The molecule has 2 N–H and O–H groups in total. The van der Waals surface area contributed by atoms with E-state index in [1.165, 1.54) is 44.6 Å². The number of hydrogen-bond donors (Lipinski definition) is 2. The van der Waals surface area contributed by atoms with Gasteiger partial charge in [0.25, 0.3) is 10.0 Å². The van der Waals surface area contributed by atoms with E-state index in [1.807, 2.05) is 0 Å². The molecule has 0 spiro atoms. The number of hydrogen-bond acceptors (Lipinski definition) is 7. The molecule has 0 bridgehead atoms. The summed E-state index contributed by atoms with van der Waals surface area (Å²) in [6.07, 6.45) is 0.683. The standard InChI is InChI=1S/C18H19NO8S/c1-24-15-9-12(18(20)21)13(10-16(15)25-2)19-28(22,23)11-4-5-14-17(8-11)27-7-3-6-26-14/h4-5,8-10,19H,3,6-7H2,1-2H3,(H,20,21). The molecule has 0 aliphatic carbocycles. The van der Waals surface area contributed by atoms with Crippen molar-refractivity contribution < 1.29 is 37.3 Å². The number of rotatable bonds is 6. The van der Waals surface area contributed by atoms with Crippen LogP contribution in [0.2, 0.25) is 0 Å². The molecule has 10 heteroatoms. The van der Waals surface area contributed by atoms with Crippen molar-refractivity contribution in [3.8, 4) is 23.0 Å². The van der Waals surface area contributed by atoms with Crippen LogP contribution in [-0.2, 0) is 10.0 Å². The van der Waals surface area contributed by atoms with Crippen LogP contribution in [0.3, 0.4) is 0 Å². The van der Waals surface area contributed by atoms with Crippen molar-refractivity contribution in [2.45, 2.75) is 11.3 Å². The third kappa shape index (κ3) is 3.91. The van der Waals surface area contributed by atoms with Gasteiger partial charge in [0.2, 0.25) is 0 Å². The second kappa shape index (κ2) is 7.85. The minimum Gasteiger partial charge on any atom is -0.493 e. The number of anilines is 1. The molecule has 0 fully saturated rings. The van der Waals surface area contributed by atoms with Gasteiger partial charge in [-0.3, -0.25) is 4.72 Å². The Bertz CT molecular complexity index is 1000. The topological polar surface area (TPSA) is 120 Å². The summed E-state index contributed by atoms with van der Waals surface area (Å²) < 4.78 is 49.2. The summed E-state index contributed by atoms with van der Waals surface area (Å²) in [4.78, 5) is 11.5. The van der Waals surface area contributed by atoms with Gasteiger partial charge >= 0.3 is 5.97 Å². The highest BCUT2D eigenvalue weighted by Crippen LogP contribution is 2.36. The predicted molar refractivity (Wildman–Crippen MR) is 99.4 cm³/mol. The molecule has 9 nitrogen and oxygen atoms in total. The van der Waals surface area contributed by atoms with Gasteiger partial charge in [-0.05, 0) is 12.1 Å². The first-order chi connectivity index (χ1) is 13.4. The highest BCUT2D eigenvalue weighted by atomic mass is 32.2. The van der Waals surface area contributed by atoms with Gasteiger partial charge in [0.05, 0.1) is 43.6 Å². The Kier molecular flexibility index (Phi) is 5.50. The maximum atomic E-state index is 12.8. The monoisotopic (exact) mass is 409 g/mol. The average Bonchev–Trinajstić information content (AvgIpc) is 2.91. The zero-order chi connectivity index (χ0) is 20.3. The van der Waals surface area contributed by atoms with E-state index < -0.39 is 16.0 Å². The van der Waals surface area contributed by atoms with E-state index in [0.717, 1.165) is 0 Å². The third-order valence-corrected chi connectivity index (χ3v) is 5.39. The molecule has 0 amide bonds. The Hall–Kier alpha value is -3.14. The number of ether oxygens (including phenoxy) is 4. The summed E-state index contributed by atoms with van der Waals surface area (Å²) in [5.74, 6) is -0.209. The number of methoxy groups -OCH3 is 2. The van der Waals surface area contributed by atoms with Gasteiger partial charge in [0, 0.05) is 24.6 Å². The van der Waals surface area contributed by atoms with Crippen LogP contribution < -0.4 is 23.7 Å². The Morgan fingerprint density at radius 2 is 1.68 bits per heavy atom.